The van der Waals surface area contributed by atoms with Gasteiger partial charge in [-0.15, -0.1) is 0 Å². The van der Waals surface area contributed by atoms with E-state index in [1.165, 1.54) is 14.0 Å². The van der Waals surface area contributed by atoms with Gasteiger partial charge in [0, 0.05) is 17.7 Å². The van der Waals surface area contributed by atoms with Gasteiger partial charge in [-0.1, -0.05) is 0 Å². The number of hydrogen-bond donors (Lipinski definition) is 2. The van der Waals surface area contributed by atoms with Crippen LogP contribution in [0.5, 0.6) is 23.0 Å². The van der Waals surface area contributed by atoms with Gasteiger partial charge in [-0.05, 0) is 24.6 Å². The van der Waals surface area contributed by atoms with Crippen molar-refractivity contribution in [2.45, 2.75) is 12.8 Å². The van der Waals surface area contributed by atoms with E-state index in [0.29, 0.717) is 6.29 Å². The summed E-state index contributed by atoms with van der Waals surface area (Å²) in [6, 6.07) is 3.83. The van der Waals surface area contributed by atoms with Crippen LogP contribution in [-0.4, -0.2) is 39.4 Å². The van der Waals surface area contributed by atoms with Crippen LogP contribution in [0.25, 0.3) is 0 Å². The second-order valence-corrected chi connectivity index (χ2v) is 5.75. The largest absolute Gasteiger partial charge is 0.502 e. The molecule has 29 heavy (non-hydrogen) atoms. The third-order valence-electron chi connectivity index (χ3n) is 3.97. The Kier molecular flexibility index (Phi) is 5.97. The van der Waals surface area contributed by atoms with Crippen molar-refractivity contribution in [2.75, 3.05) is 7.11 Å². The van der Waals surface area contributed by atoms with E-state index in [4.69, 9.17) is 14.6 Å². The maximum absolute atomic E-state index is 11.5. The van der Waals surface area contributed by atoms with Crippen molar-refractivity contribution in [1.29, 1.82) is 0 Å². The van der Waals surface area contributed by atoms with Gasteiger partial charge in [-0.3, -0.25) is 29.8 Å². The molecule has 152 valence electrons. The Labute approximate surface area is 162 Å². The zero-order valence-corrected chi connectivity index (χ0v) is 15.0. The first kappa shape index (κ1) is 21.1. The number of nitrogens with zero attached hydrogens (tertiary/aromatic N) is 2. The molecule has 2 rings (SSSR count). The number of carbonyl (C=O) groups excluding carboxylic acids is 1. The van der Waals surface area contributed by atoms with E-state index in [2.05, 4.69) is 0 Å². The van der Waals surface area contributed by atoms with Crippen molar-refractivity contribution < 1.29 is 39.1 Å². The van der Waals surface area contributed by atoms with Crippen LogP contribution >= 0.6 is 0 Å². The van der Waals surface area contributed by atoms with E-state index in [9.17, 15) is 34.9 Å². The summed E-state index contributed by atoms with van der Waals surface area (Å²) in [6.45, 7) is 1.20. The molecule has 1 unspecified atom stereocenters. The molecule has 0 saturated carbocycles. The number of aliphatic carboxylic acids is 1. The normalized spacial score (nSPS) is 11.4. The molecule has 0 spiro atoms. The first-order valence-corrected chi connectivity index (χ1v) is 7.84. The highest BCUT2D eigenvalue weighted by atomic mass is 16.6. The fourth-order valence-corrected chi connectivity index (χ4v) is 2.40. The van der Waals surface area contributed by atoms with Crippen molar-refractivity contribution in [1.82, 2.24) is 0 Å². The molecule has 2 aromatic rings. The van der Waals surface area contributed by atoms with Gasteiger partial charge in [-0.2, -0.15) is 0 Å². The first-order valence-electron chi connectivity index (χ1n) is 7.84. The molecule has 0 aromatic heterocycles. The predicted molar refractivity (Wildman–Crippen MR) is 95.9 cm³/mol. The Morgan fingerprint density at radius 3 is 2.03 bits per heavy atom. The number of rotatable bonds is 8. The molecular weight excluding hydrogens is 392 g/mol. The molecule has 0 saturated heterocycles. The lowest BCUT2D eigenvalue weighted by Crippen LogP contribution is -2.09. The van der Waals surface area contributed by atoms with E-state index in [1.807, 2.05) is 0 Å². The SMILES string of the molecule is COc1cc(C=O)cc(Oc2c([N+](=O)[O-])cc(C(C)C(=O)O)cc2[N+](=O)[O-])c1O. The Morgan fingerprint density at radius 2 is 1.62 bits per heavy atom. The van der Waals surface area contributed by atoms with Gasteiger partial charge < -0.3 is 19.7 Å². The van der Waals surface area contributed by atoms with Crippen molar-refractivity contribution >= 4 is 23.6 Å². The van der Waals surface area contributed by atoms with Gasteiger partial charge in [0.05, 0.1) is 22.9 Å². The third-order valence-corrected chi connectivity index (χ3v) is 3.97. The topological polar surface area (TPSA) is 179 Å². The number of carbonyl (C=O) groups is 2. The van der Waals surface area contributed by atoms with E-state index in [0.717, 1.165) is 24.3 Å². The van der Waals surface area contributed by atoms with Gasteiger partial charge in [-0.25, -0.2) is 0 Å². The monoisotopic (exact) mass is 406 g/mol. The second-order valence-electron chi connectivity index (χ2n) is 5.75. The van der Waals surface area contributed by atoms with Crippen molar-refractivity contribution in [2.24, 2.45) is 0 Å². The molecule has 0 bridgehead atoms. The first-order chi connectivity index (χ1) is 13.6. The highest BCUT2D eigenvalue weighted by molar-refractivity contribution is 5.79. The highest BCUT2D eigenvalue weighted by Crippen LogP contribution is 2.46. The molecule has 0 aliphatic rings. The van der Waals surface area contributed by atoms with E-state index >= 15 is 0 Å². The van der Waals surface area contributed by atoms with Crippen molar-refractivity contribution in [3.63, 3.8) is 0 Å². The van der Waals surface area contributed by atoms with Gasteiger partial charge >= 0.3 is 17.3 Å². The minimum atomic E-state index is -1.34. The lowest BCUT2D eigenvalue weighted by atomic mass is 9.99. The van der Waals surface area contributed by atoms with Crippen LogP contribution in [0.2, 0.25) is 0 Å². The molecule has 0 aliphatic carbocycles. The summed E-state index contributed by atoms with van der Waals surface area (Å²) in [5, 5.41) is 42.2. The number of carboxylic acids is 1. The lowest BCUT2D eigenvalue weighted by molar-refractivity contribution is -0.395. The number of hydrogen-bond acceptors (Lipinski definition) is 9. The summed E-state index contributed by atoms with van der Waals surface area (Å²) >= 11 is 0. The third kappa shape index (κ3) is 4.21. The number of phenolic OH excluding ortho intramolecular Hbond substituents is 1. The number of carboxylic acid groups (broad SMARTS) is 1. The van der Waals surface area contributed by atoms with Gasteiger partial charge in [0.25, 0.3) is 5.75 Å². The van der Waals surface area contributed by atoms with Crippen LogP contribution in [-0.2, 0) is 4.79 Å². The minimum absolute atomic E-state index is 0.0314. The molecule has 1 atom stereocenters. The van der Waals surface area contributed by atoms with Crippen LogP contribution in [0.4, 0.5) is 11.4 Å². The maximum atomic E-state index is 11.5. The molecule has 2 N–H and O–H groups in total. The smallest absolute Gasteiger partial charge is 0.319 e. The number of methoxy groups -OCH3 is 1. The molecule has 2 aromatic carbocycles. The van der Waals surface area contributed by atoms with Crippen LogP contribution in [0, 0.1) is 20.2 Å². The summed E-state index contributed by atoms with van der Waals surface area (Å²) in [7, 11) is 1.18. The average Bonchev–Trinajstić information content (AvgIpc) is 2.68. The van der Waals surface area contributed by atoms with Gasteiger partial charge in [0.15, 0.2) is 11.5 Å². The zero-order chi connectivity index (χ0) is 21.9. The maximum Gasteiger partial charge on any atom is 0.319 e. The minimum Gasteiger partial charge on any atom is -0.502 e. The molecule has 0 heterocycles. The quantitative estimate of drug-likeness (QED) is 0.376. The van der Waals surface area contributed by atoms with Crippen molar-refractivity contribution in [3.05, 3.63) is 55.6 Å². The Morgan fingerprint density at radius 1 is 1.10 bits per heavy atom. The molecule has 12 heteroatoms. The van der Waals surface area contributed by atoms with E-state index < -0.39 is 50.4 Å². The fraction of sp³-hybridized carbons (Fsp3) is 0.176. The molecule has 0 amide bonds. The van der Waals surface area contributed by atoms with Crippen molar-refractivity contribution in [3.8, 4) is 23.0 Å². The van der Waals surface area contributed by atoms with Gasteiger partial charge in [0.1, 0.15) is 6.29 Å². The molecule has 0 aliphatic heterocycles. The molecular formula is C17H14N2O10. The number of nitro benzene ring substituents is 2. The summed E-state index contributed by atoms with van der Waals surface area (Å²) < 4.78 is 10.1. The van der Waals surface area contributed by atoms with E-state index in [1.54, 1.807) is 0 Å². The highest BCUT2D eigenvalue weighted by Gasteiger charge is 2.32. The summed E-state index contributed by atoms with van der Waals surface area (Å²) in [5.74, 6) is -4.81. The Hall–Kier alpha value is -4.22. The number of benzene rings is 2. The summed E-state index contributed by atoms with van der Waals surface area (Å²) in [6.07, 6.45) is 0.384. The fourth-order valence-electron chi connectivity index (χ4n) is 2.40. The standard InChI is InChI=1S/C17H14N2O10/c1-8(17(22)23)10-5-11(18(24)25)16(12(6-10)19(26)27)29-14-4-9(7-20)3-13(28-2)15(14)21/h3-8,21H,1-2H3,(H,22,23). The average molecular weight is 406 g/mol. The van der Waals surface area contributed by atoms with E-state index in [-0.39, 0.29) is 16.9 Å². The van der Waals surface area contributed by atoms with Crippen LogP contribution in [0.15, 0.2) is 24.3 Å². The summed E-state index contributed by atoms with van der Waals surface area (Å²) in [5.41, 5.74) is -2.00. The predicted octanol–water partition coefficient (Wildman–Crippen LogP) is 3.01. The number of phenols is 1. The number of nitro groups is 2. The summed E-state index contributed by atoms with van der Waals surface area (Å²) in [4.78, 5) is 43.2. The van der Waals surface area contributed by atoms with Crippen LogP contribution in [0.1, 0.15) is 28.8 Å². The number of aldehydes is 1. The molecule has 12 nitrogen and oxygen atoms in total. The van der Waals surface area contributed by atoms with Crippen LogP contribution in [0.3, 0.4) is 0 Å². The second kappa shape index (κ2) is 8.21. The zero-order valence-electron chi connectivity index (χ0n) is 15.0. The number of ether oxygens (including phenoxy) is 2. The van der Waals surface area contributed by atoms with Crippen LogP contribution < -0.4 is 9.47 Å². The molecule has 0 fully saturated rings. The Balaban J connectivity index is 2.75. The van der Waals surface area contributed by atoms with Gasteiger partial charge in [0.2, 0.25) is 5.75 Å². The lowest BCUT2D eigenvalue weighted by Gasteiger charge is -2.13. The Bertz CT molecular complexity index is 983. The molecule has 0 radical (unpaired) electrons. The number of aromatic hydroxyl groups is 1.